The molecule has 4 heteroatoms. The molecule has 1 aliphatic heterocycles. The average Bonchev–Trinajstić information content (AvgIpc) is 3.09. The third-order valence-corrected chi connectivity index (χ3v) is 4.86. The molecule has 2 aliphatic rings. The molecule has 1 amide bonds. The molecule has 2 atom stereocenters. The average molecular weight is 302 g/mol. The lowest BCUT2D eigenvalue weighted by Crippen LogP contribution is -2.52. The summed E-state index contributed by atoms with van der Waals surface area (Å²) in [5.41, 5.74) is 1.03. The molecule has 0 spiro atoms. The fourth-order valence-corrected chi connectivity index (χ4v) is 3.71. The highest BCUT2D eigenvalue weighted by atomic mass is 16.5. The number of ether oxygens (including phenoxy) is 1. The Labute approximate surface area is 132 Å². The molecule has 1 N–H and O–H groups in total. The van der Waals surface area contributed by atoms with Crippen LogP contribution in [0.4, 0.5) is 4.79 Å². The quantitative estimate of drug-likeness (QED) is 0.927. The zero-order chi connectivity index (χ0) is 15.2. The number of carbonyl (C=O) groups is 1. The van der Waals surface area contributed by atoms with Gasteiger partial charge in [-0.3, -0.25) is 4.90 Å². The second kappa shape index (κ2) is 7.63. The maximum atomic E-state index is 12.1. The van der Waals surface area contributed by atoms with Crippen molar-refractivity contribution in [2.75, 3.05) is 13.1 Å². The summed E-state index contributed by atoms with van der Waals surface area (Å²) >= 11 is 0. The number of alkyl carbamates (subject to hydrolysis) is 1. The van der Waals surface area contributed by atoms with Crippen molar-refractivity contribution in [3.8, 4) is 0 Å². The molecule has 0 bridgehead atoms. The second-order valence-corrected chi connectivity index (χ2v) is 6.41. The lowest BCUT2D eigenvalue weighted by atomic mass is 9.89. The van der Waals surface area contributed by atoms with Crippen LogP contribution < -0.4 is 5.32 Å². The van der Waals surface area contributed by atoms with Crippen molar-refractivity contribution in [3.05, 3.63) is 35.9 Å². The Morgan fingerprint density at radius 1 is 1.09 bits per heavy atom. The first-order valence-corrected chi connectivity index (χ1v) is 8.54. The zero-order valence-corrected chi connectivity index (χ0v) is 13.2. The highest BCUT2D eigenvalue weighted by Gasteiger charge is 2.32. The fourth-order valence-electron chi connectivity index (χ4n) is 3.71. The van der Waals surface area contributed by atoms with Gasteiger partial charge in [0.05, 0.1) is 0 Å². The van der Waals surface area contributed by atoms with E-state index in [1.54, 1.807) is 0 Å². The maximum Gasteiger partial charge on any atom is 0.407 e. The SMILES string of the molecule is O=C(N[C@H]1CCCC[C@@H]1N1CCCC1)OCc1ccccc1. The van der Waals surface area contributed by atoms with Crippen LogP contribution in [0.2, 0.25) is 0 Å². The van der Waals surface area contributed by atoms with E-state index in [1.165, 1.54) is 45.2 Å². The molecule has 1 saturated heterocycles. The molecule has 0 unspecified atom stereocenters. The molecule has 4 nitrogen and oxygen atoms in total. The standard InChI is InChI=1S/C18H26N2O2/c21-18(22-14-15-8-2-1-3-9-15)19-16-10-4-5-11-17(16)20-12-6-7-13-20/h1-3,8-9,16-17H,4-7,10-14H2,(H,19,21)/t16-,17-/m0/s1. The lowest BCUT2D eigenvalue weighted by molar-refractivity contribution is 0.110. The first-order valence-electron chi connectivity index (χ1n) is 8.54. The summed E-state index contributed by atoms with van der Waals surface area (Å²) < 4.78 is 5.37. The molecule has 22 heavy (non-hydrogen) atoms. The van der Waals surface area contributed by atoms with Crippen LogP contribution in [-0.4, -0.2) is 36.2 Å². The fraction of sp³-hybridized carbons (Fsp3) is 0.611. The van der Waals surface area contributed by atoms with Gasteiger partial charge in [-0.1, -0.05) is 43.2 Å². The van der Waals surface area contributed by atoms with Crippen molar-refractivity contribution in [1.82, 2.24) is 10.2 Å². The molecule has 1 aromatic carbocycles. The molecule has 1 aliphatic carbocycles. The second-order valence-electron chi connectivity index (χ2n) is 6.41. The number of benzene rings is 1. The summed E-state index contributed by atoms with van der Waals surface area (Å²) in [7, 11) is 0. The smallest absolute Gasteiger partial charge is 0.407 e. The number of carbonyl (C=O) groups excluding carboxylic acids is 1. The van der Waals surface area contributed by atoms with Gasteiger partial charge in [-0.15, -0.1) is 0 Å². The minimum atomic E-state index is -0.278. The van der Waals surface area contributed by atoms with Gasteiger partial charge in [-0.05, 0) is 44.3 Å². The topological polar surface area (TPSA) is 41.6 Å². The Bertz CT molecular complexity index is 471. The van der Waals surface area contributed by atoms with Gasteiger partial charge in [0.25, 0.3) is 0 Å². The van der Waals surface area contributed by atoms with E-state index in [2.05, 4.69) is 10.2 Å². The highest BCUT2D eigenvalue weighted by Crippen LogP contribution is 2.26. The van der Waals surface area contributed by atoms with Crippen LogP contribution in [0.3, 0.4) is 0 Å². The number of hydrogen-bond donors (Lipinski definition) is 1. The van der Waals surface area contributed by atoms with Gasteiger partial charge in [-0.2, -0.15) is 0 Å². The van der Waals surface area contributed by atoms with E-state index in [0.29, 0.717) is 12.6 Å². The van der Waals surface area contributed by atoms with Crippen LogP contribution in [0.15, 0.2) is 30.3 Å². The summed E-state index contributed by atoms with van der Waals surface area (Å²) in [5.74, 6) is 0. The number of likely N-dealkylation sites (tertiary alicyclic amines) is 1. The van der Waals surface area contributed by atoms with Crippen molar-refractivity contribution in [3.63, 3.8) is 0 Å². The highest BCUT2D eigenvalue weighted by molar-refractivity contribution is 5.67. The third-order valence-electron chi connectivity index (χ3n) is 4.86. The summed E-state index contributed by atoms with van der Waals surface area (Å²) in [4.78, 5) is 14.7. The van der Waals surface area contributed by atoms with Gasteiger partial charge in [0.2, 0.25) is 0 Å². The third kappa shape index (κ3) is 4.01. The van der Waals surface area contributed by atoms with Gasteiger partial charge < -0.3 is 10.1 Å². The number of nitrogens with zero attached hydrogens (tertiary/aromatic N) is 1. The number of hydrogen-bond acceptors (Lipinski definition) is 3. The van der Waals surface area contributed by atoms with Gasteiger partial charge in [0, 0.05) is 12.1 Å². The van der Waals surface area contributed by atoms with Crippen molar-refractivity contribution in [2.24, 2.45) is 0 Å². The van der Waals surface area contributed by atoms with Crippen molar-refractivity contribution in [1.29, 1.82) is 0 Å². The molecule has 120 valence electrons. The van der Waals surface area contributed by atoms with Gasteiger partial charge in [-0.25, -0.2) is 4.79 Å². The molecular formula is C18H26N2O2. The normalized spacial score (nSPS) is 25.8. The molecule has 3 rings (SSSR count). The van der Waals surface area contributed by atoms with E-state index in [4.69, 9.17) is 4.74 Å². The Morgan fingerprint density at radius 3 is 2.59 bits per heavy atom. The van der Waals surface area contributed by atoms with Gasteiger partial charge in [0.1, 0.15) is 6.61 Å². The molecule has 1 saturated carbocycles. The predicted octanol–water partition coefficient (Wildman–Crippen LogP) is 3.32. The van der Waals surface area contributed by atoms with Crippen LogP contribution in [0, 0.1) is 0 Å². The number of nitrogens with one attached hydrogen (secondary N) is 1. The van der Waals surface area contributed by atoms with Crippen LogP contribution in [-0.2, 0) is 11.3 Å². The van der Waals surface area contributed by atoms with Crippen molar-refractivity contribution < 1.29 is 9.53 Å². The minimum absolute atomic E-state index is 0.245. The monoisotopic (exact) mass is 302 g/mol. The number of rotatable bonds is 4. The Morgan fingerprint density at radius 2 is 1.82 bits per heavy atom. The zero-order valence-electron chi connectivity index (χ0n) is 13.2. The summed E-state index contributed by atoms with van der Waals surface area (Å²) in [6.45, 7) is 2.71. The molecule has 2 fully saturated rings. The van der Waals surface area contributed by atoms with E-state index in [0.717, 1.165) is 12.0 Å². The van der Waals surface area contributed by atoms with Gasteiger partial charge in [0.15, 0.2) is 0 Å². The van der Waals surface area contributed by atoms with Crippen molar-refractivity contribution >= 4 is 6.09 Å². The van der Waals surface area contributed by atoms with Crippen molar-refractivity contribution in [2.45, 2.75) is 57.2 Å². The maximum absolute atomic E-state index is 12.1. The van der Waals surface area contributed by atoms with E-state index in [-0.39, 0.29) is 12.1 Å². The van der Waals surface area contributed by atoms with Crippen LogP contribution >= 0.6 is 0 Å². The summed E-state index contributed by atoms with van der Waals surface area (Å²) in [5, 5.41) is 3.11. The Balaban J connectivity index is 1.50. The number of amides is 1. The largest absolute Gasteiger partial charge is 0.445 e. The molecule has 0 radical (unpaired) electrons. The predicted molar refractivity (Wildman–Crippen MR) is 86.6 cm³/mol. The molecule has 0 aromatic heterocycles. The van der Waals surface area contributed by atoms with Crippen LogP contribution in [0.5, 0.6) is 0 Å². The molecular weight excluding hydrogens is 276 g/mol. The molecule has 1 heterocycles. The van der Waals surface area contributed by atoms with E-state index < -0.39 is 0 Å². The first kappa shape index (κ1) is 15.3. The Hall–Kier alpha value is -1.55. The van der Waals surface area contributed by atoms with E-state index in [1.807, 2.05) is 30.3 Å². The summed E-state index contributed by atoms with van der Waals surface area (Å²) in [6, 6.07) is 10.6. The molecule has 1 aromatic rings. The van der Waals surface area contributed by atoms with Crippen LogP contribution in [0.25, 0.3) is 0 Å². The summed E-state index contributed by atoms with van der Waals surface area (Å²) in [6.07, 6.45) is 7.06. The Kier molecular flexibility index (Phi) is 5.33. The first-order chi connectivity index (χ1) is 10.8. The lowest BCUT2D eigenvalue weighted by Gasteiger charge is -2.38. The minimum Gasteiger partial charge on any atom is -0.445 e. The van der Waals surface area contributed by atoms with Gasteiger partial charge >= 0.3 is 6.09 Å². The van der Waals surface area contributed by atoms with E-state index >= 15 is 0 Å². The van der Waals surface area contributed by atoms with E-state index in [9.17, 15) is 4.79 Å². The van der Waals surface area contributed by atoms with Crippen LogP contribution in [0.1, 0.15) is 44.1 Å².